The van der Waals surface area contributed by atoms with Crippen LogP contribution in [0.25, 0.3) is 0 Å². The Balaban J connectivity index is 3.20. The fourth-order valence-corrected chi connectivity index (χ4v) is 1.13. The molecule has 5 nitrogen and oxygen atoms in total. The number of carbonyl (C=O) groups is 1. The van der Waals surface area contributed by atoms with Gasteiger partial charge in [-0.2, -0.15) is 0 Å². The average molecular weight is 232 g/mol. The van der Waals surface area contributed by atoms with Crippen LogP contribution in [0.5, 0.6) is 0 Å². The molecule has 0 atom stereocenters. The first kappa shape index (κ1) is 12.2. The Bertz CT molecular complexity index is 457. The number of hydrogen-bond acceptors (Lipinski definition) is 4. The van der Waals surface area contributed by atoms with Crippen molar-refractivity contribution in [2.75, 3.05) is 12.3 Å². The Morgan fingerprint density at radius 2 is 2.25 bits per heavy atom. The van der Waals surface area contributed by atoms with Crippen molar-refractivity contribution < 1.29 is 18.3 Å². The number of alkyl halides is 2. The van der Waals surface area contributed by atoms with E-state index in [4.69, 9.17) is 5.73 Å². The van der Waals surface area contributed by atoms with Gasteiger partial charge in [0.25, 0.3) is 6.43 Å². The highest BCUT2D eigenvalue weighted by Crippen LogP contribution is 2.19. The van der Waals surface area contributed by atoms with Crippen LogP contribution in [0.3, 0.4) is 0 Å². The minimum atomic E-state index is -2.99. The summed E-state index contributed by atoms with van der Waals surface area (Å²) in [4.78, 5) is 24.6. The SMILES string of the molecule is CCOC(=O)c1cc(=O)c(C(F)F)c(N)[nH]1. The summed E-state index contributed by atoms with van der Waals surface area (Å²) < 4.78 is 29.3. The molecule has 1 heterocycles. The average Bonchev–Trinajstić information content (AvgIpc) is 2.16. The second-order valence-corrected chi connectivity index (χ2v) is 2.90. The minimum Gasteiger partial charge on any atom is -0.461 e. The van der Waals surface area contributed by atoms with Crippen LogP contribution in [-0.4, -0.2) is 17.6 Å². The Morgan fingerprint density at radius 1 is 1.62 bits per heavy atom. The first-order chi connectivity index (χ1) is 7.47. The maximum absolute atomic E-state index is 12.4. The zero-order chi connectivity index (χ0) is 12.3. The third-order valence-corrected chi connectivity index (χ3v) is 1.81. The van der Waals surface area contributed by atoms with Gasteiger partial charge in [0.15, 0.2) is 5.43 Å². The van der Waals surface area contributed by atoms with Crippen molar-refractivity contribution in [1.29, 1.82) is 0 Å². The van der Waals surface area contributed by atoms with Crippen LogP contribution >= 0.6 is 0 Å². The molecule has 0 saturated carbocycles. The maximum atomic E-state index is 12.4. The van der Waals surface area contributed by atoms with E-state index in [9.17, 15) is 18.4 Å². The molecule has 7 heteroatoms. The fourth-order valence-electron chi connectivity index (χ4n) is 1.13. The van der Waals surface area contributed by atoms with Crippen LogP contribution in [0.15, 0.2) is 10.9 Å². The van der Waals surface area contributed by atoms with Crippen molar-refractivity contribution in [3.05, 3.63) is 27.5 Å². The molecule has 3 N–H and O–H groups in total. The molecule has 1 rings (SSSR count). The largest absolute Gasteiger partial charge is 0.461 e. The van der Waals surface area contributed by atoms with E-state index < -0.39 is 29.2 Å². The quantitative estimate of drug-likeness (QED) is 0.763. The van der Waals surface area contributed by atoms with Crippen molar-refractivity contribution in [2.45, 2.75) is 13.3 Å². The van der Waals surface area contributed by atoms with Gasteiger partial charge < -0.3 is 15.5 Å². The van der Waals surface area contributed by atoms with Crippen molar-refractivity contribution >= 4 is 11.8 Å². The molecule has 0 aliphatic carbocycles. The molecule has 0 aromatic carbocycles. The van der Waals surface area contributed by atoms with Gasteiger partial charge in [-0.15, -0.1) is 0 Å². The Morgan fingerprint density at radius 3 is 2.69 bits per heavy atom. The number of ether oxygens (including phenoxy) is 1. The number of carbonyl (C=O) groups excluding carboxylic acids is 1. The van der Waals surface area contributed by atoms with Crippen molar-refractivity contribution in [2.24, 2.45) is 0 Å². The summed E-state index contributed by atoms with van der Waals surface area (Å²) >= 11 is 0. The highest BCUT2D eigenvalue weighted by Gasteiger charge is 2.19. The van der Waals surface area contributed by atoms with Crippen LogP contribution in [0.4, 0.5) is 14.6 Å². The predicted molar refractivity (Wildman–Crippen MR) is 52.4 cm³/mol. The van der Waals surface area contributed by atoms with Crippen LogP contribution < -0.4 is 11.2 Å². The number of nitrogen functional groups attached to an aromatic ring is 1. The summed E-state index contributed by atoms with van der Waals surface area (Å²) in [5, 5.41) is 0. The molecule has 0 saturated heterocycles. The lowest BCUT2D eigenvalue weighted by molar-refractivity contribution is 0.0519. The third kappa shape index (κ3) is 2.36. The molecule has 0 unspecified atom stereocenters. The molecule has 0 radical (unpaired) electrons. The van der Waals surface area contributed by atoms with E-state index in [0.29, 0.717) is 0 Å². The minimum absolute atomic E-state index is 0.108. The van der Waals surface area contributed by atoms with Crippen molar-refractivity contribution in [3.63, 3.8) is 0 Å². The van der Waals surface area contributed by atoms with Gasteiger partial charge >= 0.3 is 5.97 Å². The highest BCUT2D eigenvalue weighted by atomic mass is 19.3. The van der Waals surface area contributed by atoms with E-state index >= 15 is 0 Å². The molecule has 88 valence electrons. The lowest BCUT2D eigenvalue weighted by Crippen LogP contribution is -2.18. The lowest BCUT2D eigenvalue weighted by Gasteiger charge is -2.06. The van der Waals surface area contributed by atoms with Gasteiger partial charge in [0.1, 0.15) is 17.1 Å². The predicted octanol–water partition coefficient (Wildman–Crippen LogP) is 1.07. The summed E-state index contributed by atoms with van der Waals surface area (Å²) in [6, 6.07) is 0.746. The van der Waals surface area contributed by atoms with Crippen LogP contribution in [0.1, 0.15) is 29.4 Å². The number of esters is 1. The summed E-state index contributed by atoms with van der Waals surface area (Å²) in [6.07, 6.45) is -2.99. The number of aromatic nitrogens is 1. The summed E-state index contributed by atoms with van der Waals surface area (Å²) in [7, 11) is 0. The first-order valence-electron chi connectivity index (χ1n) is 4.45. The van der Waals surface area contributed by atoms with Crippen molar-refractivity contribution in [1.82, 2.24) is 4.98 Å². The normalized spacial score (nSPS) is 10.5. The zero-order valence-corrected chi connectivity index (χ0v) is 8.42. The van der Waals surface area contributed by atoms with E-state index in [0.717, 1.165) is 6.07 Å². The molecule has 0 fully saturated rings. The summed E-state index contributed by atoms with van der Waals surface area (Å²) in [5.41, 5.74) is 3.14. The number of halogens is 2. The second kappa shape index (κ2) is 4.73. The van der Waals surface area contributed by atoms with Gasteiger partial charge in [-0.25, -0.2) is 13.6 Å². The second-order valence-electron chi connectivity index (χ2n) is 2.90. The van der Waals surface area contributed by atoms with Gasteiger partial charge in [-0.05, 0) is 6.92 Å². The molecule has 1 aromatic heterocycles. The van der Waals surface area contributed by atoms with Crippen LogP contribution in [-0.2, 0) is 4.74 Å². The number of anilines is 1. The lowest BCUT2D eigenvalue weighted by atomic mass is 10.2. The topological polar surface area (TPSA) is 85.2 Å². The summed E-state index contributed by atoms with van der Waals surface area (Å²) in [6.45, 7) is 1.68. The van der Waals surface area contributed by atoms with E-state index in [2.05, 4.69) is 9.72 Å². The van der Waals surface area contributed by atoms with Gasteiger partial charge in [0.2, 0.25) is 0 Å². The smallest absolute Gasteiger partial charge is 0.354 e. The van der Waals surface area contributed by atoms with Crippen LogP contribution in [0.2, 0.25) is 0 Å². The third-order valence-electron chi connectivity index (χ3n) is 1.81. The van der Waals surface area contributed by atoms with Gasteiger partial charge in [0.05, 0.1) is 6.61 Å². The number of rotatable bonds is 3. The molecule has 0 aliphatic rings. The standard InChI is InChI=1S/C9H10F2N2O3/c1-2-16-9(15)4-3-5(14)6(7(10)11)8(12)13-4/h3,7H,2H2,1H3,(H3,12,13,14). The molecule has 0 spiro atoms. The first-order valence-corrected chi connectivity index (χ1v) is 4.45. The summed E-state index contributed by atoms with van der Waals surface area (Å²) in [5.74, 6) is -1.34. The van der Waals surface area contributed by atoms with E-state index in [1.807, 2.05) is 0 Å². The van der Waals surface area contributed by atoms with Crippen molar-refractivity contribution in [3.8, 4) is 0 Å². The van der Waals surface area contributed by atoms with Gasteiger partial charge in [0, 0.05) is 6.07 Å². The fraction of sp³-hybridized carbons (Fsp3) is 0.333. The number of H-pyrrole nitrogens is 1. The molecule has 0 aliphatic heterocycles. The molecular weight excluding hydrogens is 222 g/mol. The molecular formula is C9H10F2N2O3. The molecule has 0 amide bonds. The monoisotopic (exact) mass is 232 g/mol. The number of hydrogen-bond donors (Lipinski definition) is 2. The maximum Gasteiger partial charge on any atom is 0.354 e. The Kier molecular flexibility index (Phi) is 3.60. The number of nitrogens with two attached hydrogens (primary N) is 1. The number of aromatic amines is 1. The van der Waals surface area contributed by atoms with Gasteiger partial charge in [-0.1, -0.05) is 0 Å². The number of pyridine rings is 1. The Labute approximate surface area is 89.2 Å². The molecule has 16 heavy (non-hydrogen) atoms. The number of nitrogens with one attached hydrogen (secondary N) is 1. The Hall–Kier alpha value is -1.92. The van der Waals surface area contributed by atoms with E-state index in [1.165, 1.54) is 0 Å². The zero-order valence-electron chi connectivity index (χ0n) is 8.42. The molecule has 0 bridgehead atoms. The van der Waals surface area contributed by atoms with Crippen LogP contribution in [0, 0.1) is 0 Å². The van der Waals surface area contributed by atoms with Gasteiger partial charge in [-0.3, -0.25) is 4.79 Å². The van der Waals surface area contributed by atoms with E-state index in [-0.39, 0.29) is 12.3 Å². The highest BCUT2D eigenvalue weighted by molar-refractivity contribution is 5.87. The van der Waals surface area contributed by atoms with E-state index in [1.54, 1.807) is 6.92 Å². The molecule has 1 aromatic rings.